The molecule has 0 aliphatic heterocycles. The van der Waals surface area contributed by atoms with Crippen LogP contribution >= 0.6 is 0 Å². The largest absolute Gasteiger partial charge is 0.493 e. The van der Waals surface area contributed by atoms with Crippen LogP contribution in [0.15, 0.2) is 84.4 Å². The molecule has 4 rings (SSSR count). The number of ether oxygens (including phenoxy) is 3. The molecule has 178 valence electrons. The number of fused-ring (bicyclic) bond motifs is 1. The fourth-order valence-corrected chi connectivity index (χ4v) is 3.61. The summed E-state index contributed by atoms with van der Waals surface area (Å²) in [6.45, 7) is 3.91. The fraction of sp³-hybridized carbons (Fsp3) is 0.148. The summed E-state index contributed by atoms with van der Waals surface area (Å²) < 4.78 is 18.2. The number of hydrogen-bond donors (Lipinski definition) is 1. The standard InChI is InChI=1S/C27H25N3O5/c1-4-26(31)29-22-16-21-20(15-24(22)35-19-8-6-5-7-9-19)27(32)30(17-28-21)13-12-18-10-11-23(33-2)25(14-18)34-3/h4-11,14-17H,1,12-13H2,2-3H3,(H,29,31). The molecule has 0 saturated heterocycles. The van der Waals surface area contributed by atoms with Crippen molar-refractivity contribution in [3.8, 4) is 23.0 Å². The van der Waals surface area contributed by atoms with E-state index in [4.69, 9.17) is 14.2 Å². The molecule has 8 heteroatoms. The summed E-state index contributed by atoms with van der Waals surface area (Å²) in [4.78, 5) is 29.7. The molecule has 1 aromatic heterocycles. The molecule has 0 spiro atoms. The van der Waals surface area contributed by atoms with Gasteiger partial charge in [-0.1, -0.05) is 30.8 Å². The van der Waals surface area contributed by atoms with Crippen molar-refractivity contribution >= 4 is 22.5 Å². The number of hydrogen-bond acceptors (Lipinski definition) is 6. The fourth-order valence-electron chi connectivity index (χ4n) is 3.61. The Labute approximate surface area is 202 Å². The van der Waals surface area contributed by atoms with Gasteiger partial charge in [0.05, 0.1) is 37.1 Å². The van der Waals surface area contributed by atoms with Crippen molar-refractivity contribution in [2.75, 3.05) is 19.5 Å². The van der Waals surface area contributed by atoms with Gasteiger partial charge in [-0.3, -0.25) is 14.2 Å². The van der Waals surface area contributed by atoms with Gasteiger partial charge in [-0.05, 0) is 54.5 Å². The van der Waals surface area contributed by atoms with Crippen LogP contribution in [0.25, 0.3) is 10.9 Å². The van der Waals surface area contributed by atoms with Crippen LogP contribution in [-0.4, -0.2) is 29.7 Å². The Morgan fingerprint density at radius 3 is 2.51 bits per heavy atom. The smallest absolute Gasteiger partial charge is 0.261 e. The third-order valence-electron chi connectivity index (χ3n) is 5.43. The first-order valence-corrected chi connectivity index (χ1v) is 10.9. The molecule has 1 heterocycles. The molecular weight excluding hydrogens is 446 g/mol. The molecule has 0 saturated carbocycles. The van der Waals surface area contributed by atoms with Crippen molar-refractivity contribution in [3.63, 3.8) is 0 Å². The van der Waals surface area contributed by atoms with E-state index in [1.54, 1.807) is 43.1 Å². The molecule has 0 atom stereocenters. The van der Waals surface area contributed by atoms with Gasteiger partial charge < -0.3 is 19.5 Å². The number of para-hydroxylation sites is 1. The first-order chi connectivity index (χ1) is 17.0. The molecule has 0 radical (unpaired) electrons. The number of rotatable bonds is 9. The average Bonchev–Trinajstić information content (AvgIpc) is 2.89. The van der Waals surface area contributed by atoms with E-state index in [1.807, 2.05) is 36.4 Å². The lowest BCUT2D eigenvalue weighted by Crippen LogP contribution is -2.22. The van der Waals surface area contributed by atoms with Gasteiger partial charge in [-0.25, -0.2) is 4.98 Å². The van der Waals surface area contributed by atoms with Crippen molar-refractivity contribution in [3.05, 3.63) is 95.6 Å². The highest BCUT2D eigenvalue weighted by Gasteiger charge is 2.14. The second kappa shape index (κ2) is 10.6. The SMILES string of the molecule is C=CC(=O)Nc1cc2ncn(CCc3ccc(OC)c(OC)c3)c(=O)c2cc1Oc1ccccc1. The van der Waals surface area contributed by atoms with E-state index in [0.717, 1.165) is 11.6 Å². The first-order valence-electron chi connectivity index (χ1n) is 10.9. The zero-order valence-corrected chi connectivity index (χ0v) is 19.5. The number of nitrogens with zero attached hydrogens (tertiary/aromatic N) is 2. The van der Waals surface area contributed by atoms with Gasteiger partial charge >= 0.3 is 0 Å². The monoisotopic (exact) mass is 471 g/mol. The number of carbonyl (C=O) groups excluding carboxylic acids is 1. The van der Waals surface area contributed by atoms with Crippen molar-refractivity contribution < 1.29 is 19.0 Å². The van der Waals surface area contributed by atoms with Gasteiger partial charge in [0.2, 0.25) is 5.91 Å². The number of amides is 1. The molecule has 0 bridgehead atoms. The van der Waals surface area contributed by atoms with Crippen LogP contribution in [0.5, 0.6) is 23.0 Å². The molecule has 1 N–H and O–H groups in total. The topological polar surface area (TPSA) is 91.7 Å². The third-order valence-corrected chi connectivity index (χ3v) is 5.43. The maximum Gasteiger partial charge on any atom is 0.261 e. The molecule has 0 fully saturated rings. The number of aromatic nitrogens is 2. The van der Waals surface area contributed by atoms with E-state index in [9.17, 15) is 9.59 Å². The molecular formula is C27H25N3O5. The second-order valence-electron chi connectivity index (χ2n) is 7.66. The predicted molar refractivity (Wildman–Crippen MR) is 135 cm³/mol. The molecule has 0 aliphatic rings. The molecule has 4 aromatic rings. The lowest BCUT2D eigenvalue weighted by atomic mass is 10.1. The van der Waals surface area contributed by atoms with E-state index in [0.29, 0.717) is 52.6 Å². The Bertz CT molecular complexity index is 1430. The van der Waals surface area contributed by atoms with Crippen molar-refractivity contribution in [2.45, 2.75) is 13.0 Å². The quantitative estimate of drug-likeness (QED) is 0.360. The van der Waals surface area contributed by atoms with Crippen LogP contribution in [0.1, 0.15) is 5.56 Å². The zero-order valence-electron chi connectivity index (χ0n) is 19.5. The Hall–Kier alpha value is -4.59. The van der Waals surface area contributed by atoms with Crippen molar-refractivity contribution in [2.24, 2.45) is 0 Å². The van der Waals surface area contributed by atoms with Gasteiger partial charge in [0.25, 0.3) is 5.56 Å². The van der Waals surface area contributed by atoms with Crippen LogP contribution in [-0.2, 0) is 17.8 Å². The van der Waals surface area contributed by atoms with E-state index in [1.165, 1.54) is 6.33 Å². The van der Waals surface area contributed by atoms with Gasteiger partial charge in [0.1, 0.15) is 5.75 Å². The molecule has 35 heavy (non-hydrogen) atoms. The van der Waals surface area contributed by atoms with Crippen molar-refractivity contribution in [1.29, 1.82) is 0 Å². The lowest BCUT2D eigenvalue weighted by Gasteiger charge is -2.14. The van der Waals surface area contributed by atoms with Gasteiger partial charge in [-0.2, -0.15) is 0 Å². The van der Waals surface area contributed by atoms with Crippen LogP contribution in [0.2, 0.25) is 0 Å². The number of benzene rings is 3. The van der Waals surface area contributed by atoms with Gasteiger partial charge in [0.15, 0.2) is 17.2 Å². The van der Waals surface area contributed by atoms with Crippen LogP contribution < -0.4 is 25.1 Å². The Kier molecular flexibility index (Phi) is 7.11. The van der Waals surface area contributed by atoms with Crippen LogP contribution in [0.3, 0.4) is 0 Å². The summed E-state index contributed by atoms with van der Waals surface area (Å²) in [5, 5.41) is 3.10. The first kappa shape index (κ1) is 23.6. The molecule has 3 aromatic carbocycles. The molecule has 0 aliphatic carbocycles. The maximum absolute atomic E-state index is 13.3. The van der Waals surface area contributed by atoms with E-state index in [-0.39, 0.29) is 5.56 Å². The maximum atomic E-state index is 13.3. The molecule has 1 amide bonds. The summed E-state index contributed by atoms with van der Waals surface area (Å²) in [5.74, 6) is 1.77. The lowest BCUT2D eigenvalue weighted by molar-refractivity contribution is -0.111. The van der Waals surface area contributed by atoms with Crippen LogP contribution in [0, 0.1) is 0 Å². The Morgan fingerprint density at radius 1 is 1.03 bits per heavy atom. The Balaban J connectivity index is 1.67. The Morgan fingerprint density at radius 2 is 1.80 bits per heavy atom. The minimum Gasteiger partial charge on any atom is -0.493 e. The third kappa shape index (κ3) is 5.33. The van der Waals surface area contributed by atoms with Gasteiger partial charge in [0, 0.05) is 6.54 Å². The summed E-state index contributed by atoms with van der Waals surface area (Å²) in [5.41, 5.74) is 1.61. The van der Waals surface area contributed by atoms with Gasteiger partial charge in [-0.15, -0.1) is 0 Å². The number of methoxy groups -OCH3 is 2. The highest BCUT2D eigenvalue weighted by molar-refractivity contribution is 6.01. The molecule has 8 nitrogen and oxygen atoms in total. The number of nitrogens with one attached hydrogen (secondary N) is 1. The average molecular weight is 472 g/mol. The second-order valence-corrected chi connectivity index (χ2v) is 7.66. The van der Waals surface area contributed by atoms with E-state index >= 15 is 0 Å². The summed E-state index contributed by atoms with van der Waals surface area (Å²) in [6.07, 6.45) is 3.26. The number of anilines is 1. The molecule has 0 unspecified atom stereocenters. The minimum absolute atomic E-state index is 0.213. The van der Waals surface area contributed by atoms with E-state index in [2.05, 4.69) is 16.9 Å². The number of carbonyl (C=O) groups is 1. The summed E-state index contributed by atoms with van der Waals surface area (Å²) >= 11 is 0. The van der Waals surface area contributed by atoms with E-state index < -0.39 is 5.91 Å². The normalized spacial score (nSPS) is 10.6. The van der Waals surface area contributed by atoms with Crippen molar-refractivity contribution in [1.82, 2.24) is 9.55 Å². The highest BCUT2D eigenvalue weighted by atomic mass is 16.5. The summed E-state index contributed by atoms with van der Waals surface area (Å²) in [7, 11) is 3.17. The minimum atomic E-state index is -0.398. The number of aryl methyl sites for hydroxylation is 2. The van der Waals surface area contributed by atoms with Crippen LogP contribution in [0.4, 0.5) is 5.69 Å². The highest BCUT2D eigenvalue weighted by Crippen LogP contribution is 2.32. The predicted octanol–water partition coefficient (Wildman–Crippen LogP) is 4.57. The zero-order chi connectivity index (χ0) is 24.8. The summed E-state index contributed by atoms with van der Waals surface area (Å²) in [6, 6.07) is 18.0.